The lowest BCUT2D eigenvalue weighted by Crippen LogP contribution is -2.38. The third-order valence-corrected chi connectivity index (χ3v) is 3.68. The van der Waals surface area contributed by atoms with Crippen LogP contribution >= 0.6 is 0 Å². The minimum absolute atomic E-state index is 0.142. The maximum atomic E-state index is 11.2. The lowest BCUT2D eigenvalue weighted by Gasteiger charge is -2.31. The van der Waals surface area contributed by atoms with E-state index in [2.05, 4.69) is 4.98 Å². The molecule has 1 aromatic heterocycles. The Labute approximate surface area is 149 Å². The van der Waals surface area contributed by atoms with Crippen molar-refractivity contribution in [1.29, 1.82) is 0 Å². The number of unbranched alkanes of at least 4 members (excludes halogenated alkanes) is 1. The zero-order chi connectivity index (χ0) is 19.2. The van der Waals surface area contributed by atoms with Crippen LogP contribution in [-0.4, -0.2) is 26.2 Å². The highest BCUT2D eigenvalue weighted by molar-refractivity contribution is 5.36. The van der Waals surface area contributed by atoms with Crippen molar-refractivity contribution >= 4 is 5.69 Å². The molecule has 139 valence electrons. The van der Waals surface area contributed by atoms with Crippen molar-refractivity contribution < 1.29 is 19.6 Å². The van der Waals surface area contributed by atoms with E-state index >= 15 is 0 Å². The van der Waals surface area contributed by atoms with E-state index < -0.39 is 15.8 Å². The Morgan fingerprint density at radius 2 is 1.96 bits per heavy atom. The van der Waals surface area contributed by atoms with Gasteiger partial charge < -0.3 is 9.30 Å². The number of non-ortho nitro benzene ring substituents is 1. The molecule has 0 fully saturated rings. The molecule has 0 aliphatic carbocycles. The number of aryl methyl sites for hydroxylation is 1. The number of hydrogen-bond acceptors (Lipinski definition) is 7. The van der Waals surface area contributed by atoms with Crippen molar-refractivity contribution in [2.24, 2.45) is 0 Å². The molecule has 1 atom stereocenters. The average molecular weight is 363 g/mol. The molecule has 2 rings (SSSR count). The molecule has 0 N–H and O–H groups in total. The predicted molar refractivity (Wildman–Crippen MR) is 90.4 cm³/mol. The summed E-state index contributed by atoms with van der Waals surface area (Å²) < 4.78 is 7.30. The van der Waals surface area contributed by atoms with Crippen molar-refractivity contribution in [2.45, 2.75) is 32.5 Å². The van der Waals surface area contributed by atoms with Gasteiger partial charge in [-0.25, -0.2) is 4.98 Å². The molecule has 0 saturated heterocycles. The van der Waals surface area contributed by atoms with E-state index in [9.17, 15) is 20.2 Å². The number of rotatable bonds is 10. The Morgan fingerprint density at radius 3 is 2.46 bits per heavy atom. The number of nitro groups is 1. The molecule has 0 bridgehead atoms. The molecule has 10 heteroatoms. The molecule has 1 radical (unpaired) electrons. The van der Waals surface area contributed by atoms with Crippen LogP contribution in [0.3, 0.4) is 0 Å². The quantitative estimate of drug-likeness (QED) is 0.275. The van der Waals surface area contributed by atoms with E-state index in [1.54, 1.807) is 13.1 Å². The van der Waals surface area contributed by atoms with Crippen LogP contribution in [0.1, 0.15) is 31.2 Å². The number of imidazole rings is 1. The second-order valence-corrected chi connectivity index (χ2v) is 5.50. The summed E-state index contributed by atoms with van der Waals surface area (Å²) in [6.45, 7) is 5.25. The highest BCUT2D eigenvalue weighted by Gasteiger charge is 2.40. The van der Waals surface area contributed by atoms with Crippen molar-refractivity contribution in [3.05, 3.63) is 74.8 Å². The van der Waals surface area contributed by atoms with E-state index in [-0.39, 0.29) is 17.9 Å². The summed E-state index contributed by atoms with van der Waals surface area (Å²) >= 11 is 0. The summed E-state index contributed by atoms with van der Waals surface area (Å²) in [6, 6.07) is 5.23. The molecule has 1 unspecified atom stereocenters. The first kappa shape index (κ1) is 19.3. The van der Waals surface area contributed by atoms with E-state index in [1.807, 2.05) is 6.92 Å². The fourth-order valence-corrected chi connectivity index (χ4v) is 2.30. The largest absolute Gasteiger partial charge is 0.345 e. The van der Waals surface area contributed by atoms with Crippen molar-refractivity contribution in [1.82, 2.24) is 9.55 Å². The second kappa shape index (κ2) is 8.39. The Balaban J connectivity index is 2.46. The number of ether oxygens (including phenoxy) is 1. The lowest BCUT2D eigenvalue weighted by molar-refractivity contribution is -0.798. The van der Waals surface area contributed by atoms with Crippen LogP contribution in [0.2, 0.25) is 0 Å². The minimum atomic E-state index is -1.86. The van der Waals surface area contributed by atoms with Crippen molar-refractivity contribution in [3.8, 4) is 0 Å². The standard InChI is InChI=1S/C16H19N4O6/c1-3-4-11-25-16(26-20(23)24,12-18-10-9-17-13(18)2)14-5-7-15(8-6-14)19(21)22/h5-10,12H,3-4,11H2,1-2H3. The van der Waals surface area contributed by atoms with Gasteiger partial charge in [-0.15, -0.1) is 10.1 Å². The first-order valence-electron chi connectivity index (χ1n) is 7.96. The molecule has 0 aliphatic rings. The van der Waals surface area contributed by atoms with E-state index in [0.29, 0.717) is 12.2 Å². The summed E-state index contributed by atoms with van der Waals surface area (Å²) in [5, 5.41) is 21.1. The van der Waals surface area contributed by atoms with Gasteiger partial charge >= 0.3 is 0 Å². The van der Waals surface area contributed by atoms with Gasteiger partial charge in [0, 0.05) is 30.1 Å². The summed E-state index contributed by atoms with van der Waals surface area (Å²) in [7, 11) is 0. The normalized spacial score (nSPS) is 13.2. The van der Waals surface area contributed by atoms with Gasteiger partial charge in [0.2, 0.25) is 0 Å². The molecule has 10 nitrogen and oxygen atoms in total. The first-order valence-corrected chi connectivity index (χ1v) is 7.96. The molecule has 1 heterocycles. The first-order chi connectivity index (χ1) is 12.4. The predicted octanol–water partition coefficient (Wildman–Crippen LogP) is 2.99. The molecule has 0 aliphatic heterocycles. The molecule has 0 saturated carbocycles. The van der Waals surface area contributed by atoms with Crippen molar-refractivity contribution in [3.63, 3.8) is 0 Å². The van der Waals surface area contributed by atoms with Crippen LogP contribution in [0.25, 0.3) is 0 Å². The lowest BCUT2D eigenvalue weighted by atomic mass is 10.0. The maximum Gasteiger partial charge on any atom is 0.297 e. The molecule has 1 aromatic carbocycles. The SMILES string of the molecule is CCCCOC([CH]n1ccnc1C)(O[N+](=O)[O-])c1ccc([N+](=O)[O-])cc1. The molecular formula is C16H19N4O6. The van der Waals surface area contributed by atoms with Gasteiger partial charge in [-0.1, -0.05) is 13.3 Å². The average Bonchev–Trinajstić information content (AvgIpc) is 2.99. The van der Waals surface area contributed by atoms with Crippen LogP contribution in [0, 0.1) is 33.7 Å². The van der Waals surface area contributed by atoms with Crippen LogP contribution in [-0.2, 0) is 15.4 Å². The monoisotopic (exact) mass is 363 g/mol. The Bertz CT molecular complexity index is 760. The molecule has 26 heavy (non-hydrogen) atoms. The molecule has 0 amide bonds. The Morgan fingerprint density at radius 1 is 1.27 bits per heavy atom. The van der Waals surface area contributed by atoms with Gasteiger partial charge in [0.25, 0.3) is 16.6 Å². The highest BCUT2D eigenvalue weighted by atomic mass is 17.0. The van der Waals surface area contributed by atoms with Crippen LogP contribution in [0.4, 0.5) is 5.69 Å². The van der Waals surface area contributed by atoms with Gasteiger partial charge in [0.05, 0.1) is 11.5 Å². The number of aromatic nitrogens is 2. The molecular weight excluding hydrogens is 344 g/mol. The third kappa shape index (κ3) is 4.54. The summed E-state index contributed by atoms with van der Waals surface area (Å²) in [5.74, 6) is -1.29. The van der Waals surface area contributed by atoms with Crippen LogP contribution in [0.15, 0.2) is 36.7 Å². The van der Waals surface area contributed by atoms with E-state index in [0.717, 1.165) is 6.42 Å². The highest BCUT2D eigenvalue weighted by Crippen LogP contribution is 2.33. The summed E-state index contributed by atoms with van der Waals surface area (Å²) in [5.41, 5.74) is 0.111. The number of hydrogen-bond donors (Lipinski definition) is 0. The summed E-state index contributed by atoms with van der Waals surface area (Å²) in [6.07, 6.45) is 4.61. The third-order valence-electron chi connectivity index (χ3n) is 3.68. The van der Waals surface area contributed by atoms with Gasteiger partial charge in [-0.05, 0) is 25.5 Å². The van der Waals surface area contributed by atoms with Gasteiger partial charge in [0.15, 0.2) is 0 Å². The van der Waals surface area contributed by atoms with E-state index in [4.69, 9.17) is 9.57 Å². The molecule has 2 aromatic rings. The zero-order valence-corrected chi connectivity index (χ0v) is 14.4. The number of nitro benzene ring substituents is 1. The Hall–Kier alpha value is -3.01. The zero-order valence-electron chi connectivity index (χ0n) is 14.4. The maximum absolute atomic E-state index is 11.2. The smallest absolute Gasteiger partial charge is 0.297 e. The van der Waals surface area contributed by atoms with Crippen molar-refractivity contribution in [2.75, 3.05) is 6.61 Å². The fourth-order valence-electron chi connectivity index (χ4n) is 2.30. The fraction of sp³-hybridized carbons (Fsp3) is 0.375. The van der Waals surface area contributed by atoms with Gasteiger partial charge in [-0.2, -0.15) is 0 Å². The van der Waals surface area contributed by atoms with Gasteiger partial charge in [-0.3, -0.25) is 15.0 Å². The number of nitrogens with zero attached hydrogens (tertiary/aromatic N) is 4. The Kier molecular flexibility index (Phi) is 6.23. The molecule has 0 spiro atoms. The number of benzene rings is 1. The second-order valence-electron chi connectivity index (χ2n) is 5.50. The van der Waals surface area contributed by atoms with Crippen LogP contribution in [0.5, 0.6) is 0 Å². The minimum Gasteiger partial charge on any atom is -0.345 e. The van der Waals surface area contributed by atoms with Crippen LogP contribution < -0.4 is 0 Å². The summed E-state index contributed by atoms with van der Waals surface area (Å²) in [4.78, 5) is 30.5. The van der Waals surface area contributed by atoms with E-state index in [1.165, 1.54) is 41.6 Å². The topological polar surface area (TPSA) is 123 Å². The van der Waals surface area contributed by atoms with Gasteiger partial charge in [0.1, 0.15) is 12.4 Å².